The molecule has 0 N–H and O–H groups in total. The Morgan fingerprint density at radius 3 is 1.26 bits per heavy atom. The molecule has 0 amide bonds. The quantitative estimate of drug-likeness (QED) is 0.136. The lowest BCUT2D eigenvalue weighted by molar-refractivity contribution is 0.589. The standard InChI is InChI=1S/C86H82N2OS/c1-81(2,3)55-33-35-59(36-34-55)86(60-43-51-66(52-44-60)90-65-49-41-58(42-50-65)84(10,11)12)70-53-72(87(61-25-17-15-18-26-61)63-45-37-56(38-46-63)82(4,5)6)75-67-29-21-23-31-69(67)85(13,14)79(75)77(70)78-71(86)54-73(76-68-30-22-24-32-74(68)89-80(76)78)88(62-27-19-16-20-28-62)64-47-39-57(40-48-64)83(7,8)9/h15-54H,1-14H3. The molecule has 90 heavy (non-hydrogen) atoms. The number of para-hydroxylation sites is 3. The first-order valence-electron chi connectivity index (χ1n) is 32.1. The molecule has 14 rings (SSSR count). The molecule has 1 atom stereocenters. The van der Waals surface area contributed by atoms with E-state index in [9.17, 15) is 0 Å². The van der Waals surface area contributed by atoms with Crippen LogP contribution in [-0.4, -0.2) is 0 Å². The highest BCUT2D eigenvalue weighted by Crippen LogP contribution is 2.68. The Morgan fingerprint density at radius 1 is 0.356 bits per heavy atom. The number of fused-ring (bicyclic) bond motifs is 11. The predicted octanol–water partition coefficient (Wildman–Crippen LogP) is 24.5. The molecule has 0 aliphatic heterocycles. The van der Waals surface area contributed by atoms with Gasteiger partial charge in [-0.3, -0.25) is 0 Å². The van der Waals surface area contributed by atoms with Crippen LogP contribution in [0.4, 0.5) is 34.1 Å². The topological polar surface area (TPSA) is 19.6 Å². The van der Waals surface area contributed by atoms with Gasteiger partial charge in [0.15, 0.2) is 0 Å². The molecular weight excluding hydrogens is 1110 g/mol. The van der Waals surface area contributed by atoms with Crippen molar-refractivity contribution >= 4 is 67.8 Å². The van der Waals surface area contributed by atoms with E-state index in [2.05, 4.69) is 349 Å². The van der Waals surface area contributed by atoms with E-state index in [0.717, 1.165) is 61.6 Å². The summed E-state index contributed by atoms with van der Waals surface area (Å²) in [6, 6.07) is 92.3. The molecule has 2 aliphatic carbocycles. The predicted molar refractivity (Wildman–Crippen MR) is 383 cm³/mol. The summed E-state index contributed by atoms with van der Waals surface area (Å²) in [5.41, 5.74) is 24.2. The molecule has 1 heterocycles. The third-order valence-corrected chi connectivity index (χ3v) is 20.4. The van der Waals surface area contributed by atoms with Gasteiger partial charge >= 0.3 is 0 Å². The number of rotatable bonds is 10. The molecule has 4 heteroatoms. The molecule has 1 aromatic heterocycles. The Hall–Kier alpha value is -8.83. The summed E-state index contributed by atoms with van der Waals surface area (Å²) in [5, 5.41) is 2.16. The number of benzene rings is 11. The van der Waals surface area contributed by atoms with Gasteiger partial charge in [-0.1, -0.05) is 260 Å². The van der Waals surface area contributed by atoms with Gasteiger partial charge in [-0.2, -0.15) is 0 Å². The molecule has 0 fully saturated rings. The van der Waals surface area contributed by atoms with Crippen molar-refractivity contribution in [2.24, 2.45) is 0 Å². The number of hydrogen-bond donors (Lipinski definition) is 0. The zero-order valence-corrected chi connectivity index (χ0v) is 55.6. The van der Waals surface area contributed by atoms with Crippen LogP contribution in [0, 0.1) is 0 Å². The average Bonchev–Trinajstić information content (AvgIpc) is 1.49. The molecule has 0 saturated carbocycles. The van der Waals surface area contributed by atoms with E-state index in [1.54, 1.807) is 0 Å². The van der Waals surface area contributed by atoms with Crippen molar-refractivity contribution in [3.8, 4) is 22.3 Å². The second kappa shape index (κ2) is 21.4. The summed E-state index contributed by atoms with van der Waals surface area (Å²) in [4.78, 5) is 7.44. The van der Waals surface area contributed by atoms with Crippen LogP contribution >= 0.6 is 11.8 Å². The van der Waals surface area contributed by atoms with E-state index < -0.39 is 10.8 Å². The fraction of sp³-hybridized carbons (Fsp3) is 0.233. The highest BCUT2D eigenvalue weighted by atomic mass is 32.2. The maximum Gasteiger partial charge on any atom is 0.145 e. The average molecular weight is 1190 g/mol. The van der Waals surface area contributed by atoms with E-state index in [4.69, 9.17) is 4.42 Å². The Kier molecular flexibility index (Phi) is 14.0. The summed E-state index contributed by atoms with van der Waals surface area (Å²) in [6.45, 7) is 32.5. The molecule has 0 saturated heterocycles. The molecule has 11 aromatic carbocycles. The third-order valence-electron chi connectivity index (χ3n) is 19.4. The highest BCUT2D eigenvalue weighted by Gasteiger charge is 2.54. The summed E-state index contributed by atoms with van der Waals surface area (Å²) >= 11 is 1.82. The van der Waals surface area contributed by atoms with Crippen molar-refractivity contribution < 1.29 is 4.42 Å². The van der Waals surface area contributed by atoms with Crippen LogP contribution in [-0.2, 0) is 32.5 Å². The Labute approximate surface area is 538 Å². The van der Waals surface area contributed by atoms with Gasteiger partial charge in [0.05, 0.1) is 22.2 Å². The van der Waals surface area contributed by atoms with Crippen molar-refractivity contribution in [3.05, 3.63) is 298 Å². The fourth-order valence-electron chi connectivity index (χ4n) is 14.6. The van der Waals surface area contributed by atoms with Crippen LogP contribution in [0.1, 0.15) is 153 Å². The second-order valence-electron chi connectivity index (χ2n) is 29.8. The molecule has 448 valence electrons. The summed E-state index contributed by atoms with van der Waals surface area (Å²) in [6.07, 6.45) is 0. The maximum absolute atomic E-state index is 7.74. The molecule has 3 nitrogen and oxygen atoms in total. The van der Waals surface area contributed by atoms with E-state index in [1.807, 2.05) is 11.8 Å². The number of furan rings is 1. The van der Waals surface area contributed by atoms with E-state index in [1.165, 1.54) is 82.1 Å². The second-order valence-corrected chi connectivity index (χ2v) is 30.9. The smallest absolute Gasteiger partial charge is 0.145 e. The minimum absolute atomic E-state index is 0.0282. The zero-order chi connectivity index (χ0) is 62.9. The minimum atomic E-state index is -0.925. The molecule has 0 spiro atoms. The Balaban J connectivity index is 1.17. The normalized spacial score (nSPS) is 15.2. The van der Waals surface area contributed by atoms with Crippen molar-refractivity contribution in [1.29, 1.82) is 0 Å². The van der Waals surface area contributed by atoms with Gasteiger partial charge < -0.3 is 14.2 Å². The third kappa shape index (κ3) is 9.71. The Morgan fingerprint density at radius 2 is 0.744 bits per heavy atom. The molecule has 0 bridgehead atoms. The largest absolute Gasteiger partial charge is 0.455 e. The van der Waals surface area contributed by atoms with Crippen molar-refractivity contribution in [3.63, 3.8) is 0 Å². The van der Waals surface area contributed by atoms with Gasteiger partial charge in [0.25, 0.3) is 0 Å². The van der Waals surface area contributed by atoms with Crippen LogP contribution in [0.15, 0.2) is 257 Å². The molecular formula is C86H82N2OS. The van der Waals surface area contributed by atoms with Gasteiger partial charge in [0, 0.05) is 54.5 Å². The SMILES string of the molecule is CC(C)(C)c1ccc(Sc2ccc(C3(c4ccc(C(C)(C)C)cc4)c4cc(N(c5ccccc5)c5ccc(C(C)(C)C)cc5)c5c(c4-c4c3cc(N(c3ccccc3)c3ccc(C(C)(C)C)cc3)c3c4oc4ccccc43)C(C)(C)c3ccccc3-5)cc2)cc1. The van der Waals surface area contributed by atoms with Crippen LogP contribution in [0.5, 0.6) is 0 Å². The molecule has 0 radical (unpaired) electrons. The molecule has 2 aliphatic rings. The lowest BCUT2D eigenvalue weighted by Gasteiger charge is -2.37. The number of anilines is 6. The van der Waals surface area contributed by atoms with Gasteiger partial charge in [-0.15, -0.1) is 0 Å². The van der Waals surface area contributed by atoms with E-state index >= 15 is 0 Å². The first kappa shape index (κ1) is 58.8. The van der Waals surface area contributed by atoms with Crippen molar-refractivity contribution in [2.75, 3.05) is 9.80 Å². The summed E-state index contributed by atoms with van der Waals surface area (Å²) in [5.74, 6) is 0. The van der Waals surface area contributed by atoms with Crippen molar-refractivity contribution in [1.82, 2.24) is 0 Å². The Bertz CT molecular complexity index is 4680. The van der Waals surface area contributed by atoms with Crippen molar-refractivity contribution in [2.45, 2.75) is 139 Å². The maximum atomic E-state index is 7.74. The van der Waals surface area contributed by atoms with Gasteiger partial charge in [0.1, 0.15) is 11.2 Å². The monoisotopic (exact) mass is 1190 g/mol. The zero-order valence-electron chi connectivity index (χ0n) is 54.8. The lowest BCUT2D eigenvalue weighted by Crippen LogP contribution is -2.30. The minimum Gasteiger partial charge on any atom is -0.455 e. The van der Waals surface area contributed by atoms with Gasteiger partial charge in [-0.05, 0) is 179 Å². The molecule has 1 unspecified atom stereocenters. The van der Waals surface area contributed by atoms with Crippen LogP contribution < -0.4 is 9.80 Å². The number of nitrogens with zero attached hydrogens (tertiary/aromatic N) is 2. The fourth-order valence-corrected chi connectivity index (χ4v) is 15.4. The highest BCUT2D eigenvalue weighted by molar-refractivity contribution is 7.99. The lowest BCUT2D eigenvalue weighted by atomic mass is 9.66. The first-order valence-corrected chi connectivity index (χ1v) is 33.0. The summed E-state index contributed by atoms with van der Waals surface area (Å²) < 4.78 is 7.74. The van der Waals surface area contributed by atoms with E-state index in [-0.39, 0.29) is 21.7 Å². The number of hydrogen-bond acceptors (Lipinski definition) is 4. The van der Waals surface area contributed by atoms with Crippen LogP contribution in [0.25, 0.3) is 44.2 Å². The first-order chi connectivity index (χ1) is 42.9. The van der Waals surface area contributed by atoms with Gasteiger partial charge in [0.2, 0.25) is 0 Å². The molecule has 12 aromatic rings. The van der Waals surface area contributed by atoms with Crippen LogP contribution in [0.2, 0.25) is 0 Å². The van der Waals surface area contributed by atoms with E-state index in [0.29, 0.717) is 0 Å². The van der Waals surface area contributed by atoms with Gasteiger partial charge in [-0.25, -0.2) is 0 Å². The van der Waals surface area contributed by atoms with Crippen LogP contribution in [0.3, 0.4) is 0 Å². The summed E-state index contributed by atoms with van der Waals surface area (Å²) in [7, 11) is 0.